The molecular formula is C12H26O5. The summed E-state index contributed by atoms with van der Waals surface area (Å²) in [5.41, 5.74) is 0. The molecule has 1 aliphatic heterocycles. The first kappa shape index (κ1) is 18.9. The maximum Gasteiger partial charge on any atom is 0.129 e. The molecule has 0 radical (unpaired) electrons. The van der Waals surface area contributed by atoms with Gasteiger partial charge < -0.3 is 24.5 Å². The quantitative estimate of drug-likeness (QED) is 0.770. The van der Waals surface area contributed by atoms with E-state index in [4.69, 9.17) is 14.9 Å². The Morgan fingerprint density at radius 2 is 2.06 bits per heavy atom. The third-order valence-electron chi connectivity index (χ3n) is 2.02. The number of methoxy groups -OCH3 is 1. The Kier molecular flexibility index (Phi) is 17.2. The Morgan fingerprint density at radius 3 is 2.18 bits per heavy atom. The summed E-state index contributed by atoms with van der Waals surface area (Å²) in [6.07, 6.45) is 2.97. The number of rotatable bonds is 4. The van der Waals surface area contributed by atoms with E-state index in [1.807, 2.05) is 6.92 Å². The van der Waals surface area contributed by atoms with Gasteiger partial charge in [0.1, 0.15) is 5.78 Å². The van der Waals surface area contributed by atoms with Gasteiger partial charge in [0.25, 0.3) is 0 Å². The number of hydrogen-bond donors (Lipinski definition) is 2. The number of carbonyl (C=O) groups excluding carboxylic acids is 1. The van der Waals surface area contributed by atoms with Crippen LogP contribution in [0.2, 0.25) is 0 Å². The van der Waals surface area contributed by atoms with Gasteiger partial charge in [0.2, 0.25) is 0 Å². The molecule has 1 saturated heterocycles. The summed E-state index contributed by atoms with van der Waals surface area (Å²) >= 11 is 0. The molecule has 0 aromatic carbocycles. The Labute approximate surface area is 104 Å². The van der Waals surface area contributed by atoms with Gasteiger partial charge in [0, 0.05) is 20.1 Å². The minimum absolute atomic E-state index is 0.122. The van der Waals surface area contributed by atoms with Crippen molar-refractivity contribution in [2.45, 2.75) is 39.2 Å². The standard InChI is InChI=1S/C5H10O2.C4H8O.C3H8O2/c6-4-5-2-1-3-7-5;1-3-4(2)5;1-5-3-2-4/h5-6H,1-4H2;3H2,1-2H3;4H,2-3H2,1H3. The lowest BCUT2D eigenvalue weighted by Gasteiger charge is -2.00. The highest BCUT2D eigenvalue weighted by Gasteiger charge is 2.12. The van der Waals surface area contributed by atoms with Crippen LogP contribution in [-0.4, -0.2) is 55.6 Å². The topological polar surface area (TPSA) is 76.0 Å². The summed E-state index contributed by atoms with van der Waals surface area (Å²) in [6.45, 7) is 5.03. The highest BCUT2D eigenvalue weighted by molar-refractivity contribution is 5.74. The normalized spacial score (nSPS) is 17.6. The molecule has 0 bridgehead atoms. The molecule has 1 fully saturated rings. The first-order valence-electron chi connectivity index (χ1n) is 5.94. The van der Waals surface area contributed by atoms with Gasteiger partial charge in [0.15, 0.2) is 0 Å². The Hall–Kier alpha value is -0.490. The molecule has 0 amide bonds. The SMILES string of the molecule is CCC(C)=O.COCCO.OCC1CCCO1. The van der Waals surface area contributed by atoms with E-state index in [1.54, 1.807) is 14.0 Å². The van der Waals surface area contributed by atoms with Crippen molar-refractivity contribution in [3.63, 3.8) is 0 Å². The molecule has 1 aliphatic rings. The van der Waals surface area contributed by atoms with Crippen LogP contribution in [-0.2, 0) is 14.3 Å². The number of carbonyl (C=O) groups is 1. The van der Waals surface area contributed by atoms with Crippen molar-refractivity contribution < 1.29 is 24.5 Å². The molecule has 5 nitrogen and oxygen atoms in total. The van der Waals surface area contributed by atoms with Crippen molar-refractivity contribution >= 4 is 5.78 Å². The predicted octanol–water partition coefficient (Wildman–Crippen LogP) is 0.768. The van der Waals surface area contributed by atoms with E-state index in [0.717, 1.165) is 19.4 Å². The minimum atomic E-state index is 0.122. The fraction of sp³-hybridized carbons (Fsp3) is 0.917. The second-order valence-corrected chi connectivity index (χ2v) is 3.59. The highest BCUT2D eigenvalue weighted by atomic mass is 16.5. The molecule has 0 aromatic rings. The van der Waals surface area contributed by atoms with E-state index in [9.17, 15) is 4.79 Å². The molecule has 17 heavy (non-hydrogen) atoms. The molecule has 1 heterocycles. The number of hydrogen-bond acceptors (Lipinski definition) is 5. The summed E-state index contributed by atoms with van der Waals surface area (Å²) in [5.74, 6) is 0.255. The molecule has 0 saturated carbocycles. The van der Waals surface area contributed by atoms with E-state index in [2.05, 4.69) is 4.74 Å². The Bertz CT molecular complexity index is 153. The van der Waals surface area contributed by atoms with Crippen LogP contribution >= 0.6 is 0 Å². The van der Waals surface area contributed by atoms with Crippen LogP contribution in [0.1, 0.15) is 33.1 Å². The second kappa shape index (κ2) is 15.5. The molecule has 104 valence electrons. The fourth-order valence-electron chi connectivity index (χ4n) is 0.880. The Balaban J connectivity index is 0. The van der Waals surface area contributed by atoms with Crippen LogP contribution in [0.4, 0.5) is 0 Å². The molecule has 0 aromatic heterocycles. The van der Waals surface area contributed by atoms with Crippen LogP contribution in [0.25, 0.3) is 0 Å². The van der Waals surface area contributed by atoms with Crippen molar-refractivity contribution in [3.8, 4) is 0 Å². The number of aliphatic hydroxyl groups is 2. The molecule has 1 rings (SSSR count). The van der Waals surface area contributed by atoms with Crippen molar-refractivity contribution in [1.29, 1.82) is 0 Å². The largest absolute Gasteiger partial charge is 0.394 e. The zero-order chi connectivity index (χ0) is 13.5. The van der Waals surface area contributed by atoms with Crippen LogP contribution in [0.3, 0.4) is 0 Å². The zero-order valence-corrected chi connectivity index (χ0v) is 11.1. The molecule has 1 atom stereocenters. The van der Waals surface area contributed by atoms with E-state index < -0.39 is 0 Å². The number of ether oxygens (including phenoxy) is 2. The summed E-state index contributed by atoms with van der Waals surface area (Å²) in [4.78, 5) is 9.81. The molecule has 1 unspecified atom stereocenters. The average Bonchev–Trinajstić information content (AvgIpc) is 2.84. The number of Topliss-reactive ketones (excluding diaryl/α,β-unsaturated/α-hetero) is 1. The van der Waals surface area contributed by atoms with Crippen molar-refractivity contribution in [2.24, 2.45) is 0 Å². The van der Waals surface area contributed by atoms with Gasteiger partial charge in [-0.25, -0.2) is 0 Å². The van der Waals surface area contributed by atoms with E-state index in [1.165, 1.54) is 0 Å². The summed E-state index contributed by atoms with van der Waals surface area (Å²) in [6, 6.07) is 0. The fourth-order valence-corrected chi connectivity index (χ4v) is 0.880. The maximum atomic E-state index is 9.81. The second-order valence-electron chi connectivity index (χ2n) is 3.59. The molecular weight excluding hydrogens is 224 g/mol. The summed E-state index contributed by atoms with van der Waals surface area (Å²) in [7, 11) is 1.55. The Morgan fingerprint density at radius 1 is 1.47 bits per heavy atom. The van der Waals surface area contributed by atoms with Crippen molar-refractivity contribution in [3.05, 3.63) is 0 Å². The molecule has 2 N–H and O–H groups in total. The average molecular weight is 250 g/mol. The van der Waals surface area contributed by atoms with Gasteiger partial charge in [-0.2, -0.15) is 0 Å². The first-order valence-corrected chi connectivity index (χ1v) is 5.94. The first-order chi connectivity index (χ1) is 8.12. The highest BCUT2D eigenvalue weighted by Crippen LogP contribution is 2.09. The van der Waals surface area contributed by atoms with E-state index in [-0.39, 0.29) is 25.1 Å². The van der Waals surface area contributed by atoms with Crippen molar-refractivity contribution in [2.75, 3.05) is 33.5 Å². The predicted molar refractivity (Wildman–Crippen MR) is 66.0 cm³/mol. The van der Waals surface area contributed by atoms with Gasteiger partial charge >= 0.3 is 0 Å². The lowest BCUT2D eigenvalue weighted by Crippen LogP contribution is -2.09. The van der Waals surface area contributed by atoms with Gasteiger partial charge in [-0.1, -0.05) is 6.92 Å². The van der Waals surface area contributed by atoms with Crippen LogP contribution in [0, 0.1) is 0 Å². The van der Waals surface area contributed by atoms with Crippen LogP contribution < -0.4 is 0 Å². The van der Waals surface area contributed by atoms with Gasteiger partial charge in [-0.15, -0.1) is 0 Å². The summed E-state index contributed by atoms with van der Waals surface area (Å²) in [5, 5.41) is 16.4. The molecule has 0 aliphatic carbocycles. The van der Waals surface area contributed by atoms with E-state index >= 15 is 0 Å². The third kappa shape index (κ3) is 18.1. The van der Waals surface area contributed by atoms with Crippen LogP contribution in [0.15, 0.2) is 0 Å². The minimum Gasteiger partial charge on any atom is -0.394 e. The maximum absolute atomic E-state index is 9.81. The van der Waals surface area contributed by atoms with Gasteiger partial charge in [-0.05, 0) is 19.8 Å². The van der Waals surface area contributed by atoms with Crippen molar-refractivity contribution in [1.82, 2.24) is 0 Å². The zero-order valence-electron chi connectivity index (χ0n) is 11.1. The monoisotopic (exact) mass is 250 g/mol. The van der Waals surface area contributed by atoms with Crippen LogP contribution in [0.5, 0.6) is 0 Å². The number of ketones is 1. The lowest BCUT2D eigenvalue weighted by molar-refractivity contribution is -0.116. The van der Waals surface area contributed by atoms with Gasteiger partial charge in [0.05, 0.1) is 25.9 Å². The molecule has 0 spiro atoms. The lowest BCUT2D eigenvalue weighted by atomic mass is 10.2. The molecule has 5 heteroatoms. The number of aliphatic hydroxyl groups excluding tert-OH is 2. The third-order valence-corrected chi connectivity index (χ3v) is 2.02. The smallest absolute Gasteiger partial charge is 0.129 e. The van der Waals surface area contributed by atoms with Gasteiger partial charge in [-0.3, -0.25) is 0 Å². The summed E-state index contributed by atoms with van der Waals surface area (Å²) < 4.78 is 9.49. The van der Waals surface area contributed by atoms with E-state index in [0.29, 0.717) is 13.0 Å².